The van der Waals surface area contributed by atoms with Crippen molar-refractivity contribution < 1.29 is 15.0 Å². The van der Waals surface area contributed by atoms with E-state index in [0.29, 0.717) is 23.6 Å². The molecule has 24 heavy (non-hydrogen) atoms. The van der Waals surface area contributed by atoms with Gasteiger partial charge in [0.15, 0.2) is 0 Å². The van der Waals surface area contributed by atoms with Gasteiger partial charge in [-0.25, -0.2) is 14.8 Å². The van der Waals surface area contributed by atoms with E-state index in [4.69, 9.17) is 0 Å². The molecule has 1 saturated heterocycles. The molecule has 0 amide bonds. The molecule has 1 aliphatic heterocycles. The third-order valence-corrected chi connectivity index (χ3v) is 4.50. The summed E-state index contributed by atoms with van der Waals surface area (Å²) < 4.78 is 0. The van der Waals surface area contributed by atoms with E-state index in [-0.39, 0.29) is 12.2 Å². The summed E-state index contributed by atoms with van der Waals surface area (Å²) >= 11 is 0. The highest BCUT2D eigenvalue weighted by Gasteiger charge is 2.19. The molecule has 1 aromatic carbocycles. The predicted molar refractivity (Wildman–Crippen MR) is 89.5 cm³/mol. The number of benzene rings is 1. The number of carbonyl (C=O) groups is 1. The summed E-state index contributed by atoms with van der Waals surface area (Å²) in [5, 5.41) is 18.5. The van der Waals surface area contributed by atoms with Crippen LogP contribution in [0.15, 0.2) is 36.7 Å². The van der Waals surface area contributed by atoms with Gasteiger partial charge in [-0.3, -0.25) is 4.90 Å². The Morgan fingerprint density at radius 1 is 1.17 bits per heavy atom. The van der Waals surface area contributed by atoms with E-state index in [9.17, 15) is 15.0 Å². The molecule has 2 aromatic rings. The molecule has 1 aromatic heterocycles. The number of aromatic nitrogens is 2. The third kappa shape index (κ3) is 3.77. The molecule has 6 nitrogen and oxygen atoms in total. The standard InChI is InChI=1S/C18H21N3O3/c22-12-13-5-7-21(8-6-13)11-17-19-9-14(10-20-17)15-3-1-2-4-16(15)18(23)24/h1-4,9-10,13,22H,5-8,11-12H2,(H,23,24). The van der Waals surface area contributed by atoms with Gasteiger partial charge >= 0.3 is 5.97 Å². The zero-order chi connectivity index (χ0) is 16.9. The first-order chi connectivity index (χ1) is 11.7. The highest BCUT2D eigenvalue weighted by molar-refractivity contribution is 5.95. The van der Waals surface area contributed by atoms with Crippen molar-refractivity contribution in [2.24, 2.45) is 5.92 Å². The molecule has 0 radical (unpaired) electrons. The number of likely N-dealkylation sites (tertiary alicyclic amines) is 1. The molecule has 6 heteroatoms. The smallest absolute Gasteiger partial charge is 0.336 e. The number of aliphatic hydroxyl groups is 1. The van der Waals surface area contributed by atoms with Crippen LogP contribution >= 0.6 is 0 Å². The Labute approximate surface area is 140 Å². The van der Waals surface area contributed by atoms with E-state index in [0.717, 1.165) is 31.8 Å². The van der Waals surface area contributed by atoms with E-state index in [1.807, 2.05) is 0 Å². The molecular weight excluding hydrogens is 306 g/mol. The summed E-state index contributed by atoms with van der Waals surface area (Å²) in [6, 6.07) is 6.86. The minimum Gasteiger partial charge on any atom is -0.478 e. The highest BCUT2D eigenvalue weighted by Crippen LogP contribution is 2.23. The van der Waals surface area contributed by atoms with Gasteiger partial charge in [-0.2, -0.15) is 0 Å². The Morgan fingerprint density at radius 2 is 1.83 bits per heavy atom. The van der Waals surface area contributed by atoms with Gasteiger partial charge in [0.1, 0.15) is 5.82 Å². The molecule has 2 heterocycles. The van der Waals surface area contributed by atoms with Crippen LogP contribution in [-0.2, 0) is 6.54 Å². The summed E-state index contributed by atoms with van der Waals surface area (Å²) in [6.07, 6.45) is 5.37. The van der Waals surface area contributed by atoms with Gasteiger partial charge < -0.3 is 10.2 Å². The molecule has 0 atom stereocenters. The third-order valence-electron chi connectivity index (χ3n) is 4.50. The fourth-order valence-electron chi connectivity index (χ4n) is 3.02. The van der Waals surface area contributed by atoms with Crippen molar-refractivity contribution in [3.05, 3.63) is 48.0 Å². The van der Waals surface area contributed by atoms with Gasteiger partial charge in [-0.05, 0) is 43.5 Å². The number of aliphatic hydroxyl groups excluding tert-OH is 1. The molecule has 2 N–H and O–H groups in total. The number of hydrogen-bond acceptors (Lipinski definition) is 5. The quantitative estimate of drug-likeness (QED) is 0.874. The van der Waals surface area contributed by atoms with Crippen molar-refractivity contribution in [1.29, 1.82) is 0 Å². The summed E-state index contributed by atoms with van der Waals surface area (Å²) in [6.45, 7) is 2.83. The van der Waals surface area contributed by atoms with Crippen LogP contribution in [0.25, 0.3) is 11.1 Å². The van der Waals surface area contributed by atoms with E-state index in [1.165, 1.54) is 0 Å². The Hall–Kier alpha value is -2.31. The van der Waals surface area contributed by atoms with Crippen LogP contribution < -0.4 is 0 Å². The molecule has 0 spiro atoms. The zero-order valence-corrected chi connectivity index (χ0v) is 13.4. The Morgan fingerprint density at radius 3 is 2.46 bits per heavy atom. The van der Waals surface area contributed by atoms with Gasteiger partial charge in [0, 0.05) is 24.6 Å². The Bertz CT molecular complexity index is 695. The molecule has 0 unspecified atom stereocenters. The summed E-state index contributed by atoms with van der Waals surface area (Å²) in [5.74, 6) is 0.188. The normalized spacial score (nSPS) is 16.2. The molecule has 1 aliphatic rings. The van der Waals surface area contributed by atoms with Crippen LogP contribution in [0.3, 0.4) is 0 Å². The Balaban J connectivity index is 1.69. The second-order valence-electron chi connectivity index (χ2n) is 6.14. The lowest BCUT2D eigenvalue weighted by molar-refractivity contribution is 0.0697. The van der Waals surface area contributed by atoms with Crippen LogP contribution in [0.1, 0.15) is 29.0 Å². The van der Waals surface area contributed by atoms with E-state index in [1.54, 1.807) is 36.7 Å². The molecule has 1 fully saturated rings. The van der Waals surface area contributed by atoms with Crippen molar-refractivity contribution in [2.75, 3.05) is 19.7 Å². The minimum atomic E-state index is -0.957. The van der Waals surface area contributed by atoms with E-state index < -0.39 is 5.97 Å². The molecule has 0 bridgehead atoms. The van der Waals surface area contributed by atoms with Gasteiger partial charge in [0.2, 0.25) is 0 Å². The average molecular weight is 327 g/mol. The number of nitrogens with zero attached hydrogens (tertiary/aromatic N) is 3. The topological polar surface area (TPSA) is 86.5 Å². The summed E-state index contributed by atoms with van der Waals surface area (Å²) in [5.41, 5.74) is 1.58. The minimum absolute atomic E-state index is 0.250. The molecule has 3 rings (SSSR count). The van der Waals surface area contributed by atoms with E-state index >= 15 is 0 Å². The van der Waals surface area contributed by atoms with Gasteiger partial charge in [0.05, 0.1) is 12.1 Å². The lowest BCUT2D eigenvalue weighted by atomic mass is 9.98. The van der Waals surface area contributed by atoms with Crippen molar-refractivity contribution in [1.82, 2.24) is 14.9 Å². The maximum Gasteiger partial charge on any atom is 0.336 e. The first-order valence-electron chi connectivity index (χ1n) is 8.14. The van der Waals surface area contributed by atoms with Crippen molar-refractivity contribution in [3.8, 4) is 11.1 Å². The average Bonchev–Trinajstić information content (AvgIpc) is 2.63. The lowest BCUT2D eigenvalue weighted by Gasteiger charge is -2.30. The number of piperidine rings is 1. The van der Waals surface area contributed by atoms with Crippen LogP contribution in [0, 0.1) is 5.92 Å². The molecule has 126 valence electrons. The molecule has 0 aliphatic carbocycles. The fourth-order valence-corrected chi connectivity index (χ4v) is 3.02. The van der Waals surface area contributed by atoms with Crippen LogP contribution in [0.5, 0.6) is 0 Å². The first-order valence-corrected chi connectivity index (χ1v) is 8.14. The number of aromatic carboxylic acids is 1. The monoisotopic (exact) mass is 327 g/mol. The van der Waals surface area contributed by atoms with Crippen LogP contribution in [0.4, 0.5) is 0 Å². The second kappa shape index (κ2) is 7.51. The first kappa shape index (κ1) is 16.5. The van der Waals surface area contributed by atoms with E-state index in [2.05, 4.69) is 14.9 Å². The largest absolute Gasteiger partial charge is 0.478 e. The van der Waals surface area contributed by atoms with Crippen molar-refractivity contribution in [3.63, 3.8) is 0 Å². The van der Waals surface area contributed by atoms with Crippen LogP contribution in [0.2, 0.25) is 0 Å². The fraction of sp³-hybridized carbons (Fsp3) is 0.389. The van der Waals surface area contributed by atoms with Crippen molar-refractivity contribution in [2.45, 2.75) is 19.4 Å². The van der Waals surface area contributed by atoms with Crippen molar-refractivity contribution >= 4 is 5.97 Å². The number of hydrogen-bond donors (Lipinski definition) is 2. The number of carboxylic acid groups (broad SMARTS) is 1. The maximum atomic E-state index is 11.3. The lowest BCUT2D eigenvalue weighted by Crippen LogP contribution is -2.34. The predicted octanol–water partition coefficient (Wildman–Crippen LogP) is 2.05. The van der Waals surface area contributed by atoms with Gasteiger partial charge in [-0.1, -0.05) is 18.2 Å². The maximum absolute atomic E-state index is 11.3. The SMILES string of the molecule is O=C(O)c1ccccc1-c1cnc(CN2CCC(CO)CC2)nc1. The number of carboxylic acids is 1. The molecule has 0 saturated carbocycles. The highest BCUT2D eigenvalue weighted by atomic mass is 16.4. The van der Waals surface area contributed by atoms with Crippen LogP contribution in [-0.4, -0.2) is 50.7 Å². The van der Waals surface area contributed by atoms with Gasteiger partial charge in [-0.15, -0.1) is 0 Å². The Kier molecular flexibility index (Phi) is 5.17. The van der Waals surface area contributed by atoms with Gasteiger partial charge in [0.25, 0.3) is 0 Å². The zero-order valence-electron chi connectivity index (χ0n) is 13.4. The summed E-state index contributed by atoms with van der Waals surface area (Å²) in [7, 11) is 0. The molecular formula is C18H21N3O3. The second-order valence-corrected chi connectivity index (χ2v) is 6.14. The number of rotatable bonds is 5. The summed E-state index contributed by atoms with van der Waals surface area (Å²) in [4.78, 5) is 22.4.